The van der Waals surface area contributed by atoms with Crippen LogP contribution in [0.3, 0.4) is 0 Å². The molecular formula is C14H21FN2O. The standard InChI is InChI=1S/C14H21FN2O/c1-10-8-17(9-11(2)18-10)14-5-4-12(7-16-3)6-13(14)15/h4-6,10-11,16H,7-9H2,1-3H3/t10-,11+. The molecule has 0 unspecified atom stereocenters. The highest BCUT2D eigenvalue weighted by Gasteiger charge is 2.24. The first-order valence-electron chi connectivity index (χ1n) is 6.43. The molecule has 0 spiro atoms. The number of morpholine rings is 1. The van der Waals surface area contributed by atoms with Crippen LogP contribution in [0, 0.1) is 5.82 Å². The largest absolute Gasteiger partial charge is 0.372 e. The van der Waals surface area contributed by atoms with Crippen LogP contribution in [-0.2, 0) is 11.3 Å². The highest BCUT2D eigenvalue weighted by molar-refractivity contribution is 5.49. The van der Waals surface area contributed by atoms with Crippen LogP contribution in [0.5, 0.6) is 0 Å². The van der Waals surface area contributed by atoms with Crippen LogP contribution in [0.15, 0.2) is 18.2 Å². The first-order valence-corrected chi connectivity index (χ1v) is 6.43. The average Bonchev–Trinajstić information content (AvgIpc) is 2.28. The molecule has 1 aromatic rings. The van der Waals surface area contributed by atoms with E-state index in [0.717, 1.165) is 18.7 Å². The van der Waals surface area contributed by atoms with E-state index in [1.807, 2.05) is 33.0 Å². The monoisotopic (exact) mass is 252 g/mol. The highest BCUT2D eigenvalue weighted by Crippen LogP contribution is 2.24. The molecule has 1 fully saturated rings. The smallest absolute Gasteiger partial charge is 0.146 e. The summed E-state index contributed by atoms with van der Waals surface area (Å²) in [5.74, 6) is -0.149. The van der Waals surface area contributed by atoms with Gasteiger partial charge in [0, 0.05) is 19.6 Å². The fourth-order valence-corrected chi connectivity index (χ4v) is 2.50. The molecular weight excluding hydrogens is 231 g/mol. The summed E-state index contributed by atoms with van der Waals surface area (Å²) < 4.78 is 19.8. The van der Waals surface area contributed by atoms with Gasteiger partial charge in [-0.15, -0.1) is 0 Å². The Morgan fingerprint density at radius 1 is 1.33 bits per heavy atom. The molecule has 3 nitrogen and oxygen atoms in total. The van der Waals surface area contributed by atoms with E-state index in [4.69, 9.17) is 4.74 Å². The summed E-state index contributed by atoms with van der Waals surface area (Å²) in [5, 5.41) is 3.02. The van der Waals surface area contributed by atoms with Gasteiger partial charge in [-0.1, -0.05) is 6.07 Å². The predicted molar refractivity (Wildman–Crippen MR) is 71.4 cm³/mol. The fourth-order valence-electron chi connectivity index (χ4n) is 2.50. The van der Waals surface area contributed by atoms with Gasteiger partial charge in [0.2, 0.25) is 0 Å². The van der Waals surface area contributed by atoms with Crippen LogP contribution in [0.2, 0.25) is 0 Å². The van der Waals surface area contributed by atoms with E-state index in [9.17, 15) is 4.39 Å². The van der Waals surface area contributed by atoms with Crippen molar-refractivity contribution < 1.29 is 9.13 Å². The van der Waals surface area contributed by atoms with Crippen molar-refractivity contribution in [2.75, 3.05) is 25.0 Å². The zero-order valence-electron chi connectivity index (χ0n) is 11.2. The highest BCUT2D eigenvalue weighted by atomic mass is 19.1. The number of rotatable bonds is 3. The van der Waals surface area contributed by atoms with Gasteiger partial charge >= 0.3 is 0 Å². The minimum atomic E-state index is -0.149. The summed E-state index contributed by atoms with van der Waals surface area (Å²) in [7, 11) is 1.86. The number of nitrogens with zero attached hydrogens (tertiary/aromatic N) is 1. The summed E-state index contributed by atoms with van der Waals surface area (Å²) in [4.78, 5) is 2.07. The van der Waals surface area contributed by atoms with Crippen LogP contribution in [0.25, 0.3) is 0 Å². The average molecular weight is 252 g/mol. The Balaban J connectivity index is 2.17. The maximum Gasteiger partial charge on any atom is 0.146 e. The molecule has 0 saturated carbocycles. The predicted octanol–water partition coefficient (Wildman–Crippen LogP) is 2.16. The van der Waals surface area contributed by atoms with E-state index < -0.39 is 0 Å². The van der Waals surface area contributed by atoms with E-state index in [1.165, 1.54) is 0 Å². The second-order valence-electron chi connectivity index (χ2n) is 4.98. The van der Waals surface area contributed by atoms with Crippen LogP contribution >= 0.6 is 0 Å². The van der Waals surface area contributed by atoms with Gasteiger partial charge in [-0.05, 0) is 38.6 Å². The van der Waals surface area contributed by atoms with Crippen LogP contribution in [0.1, 0.15) is 19.4 Å². The molecule has 0 amide bonds. The molecule has 4 heteroatoms. The lowest BCUT2D eigenvalue weighted by atomic mass is 10.1. The Hall–Kier alpha value is -1.13. The lowest BCUT2D eigenvalue weighted by Gasteiger charge is -2.37. The zero-order valence-corrected chi connectivity index (χ0v) is 11.2. The number of benzene rings is 1. The summed E-state index contributed by atoms with van der Waals surface area (Å²) >= 11 is 0. The third kappa shape index (κ3) is 3.00. The molecule has 1 N–H and O–H groups in total. The van der Waals surface area contributed by atoms with Crippen LogP contribution in [-0.4, -0.2) is 32.3 Å². The third-order valence-electron chi connectivity index (χ3n) is 3.15. The normalized spacial score (nSPS) is 24.3. The van der Waals surface area contributed by atoms with Crippen molar-refractivity contribution in [2.24, 2.45) is 0 Å². The SMILES string of the molecule is CNCc1ccc(N2C[C@@H](C)O[C@@H](C)C2)c(F)c1. The summed E-state index contributed by atoms with van der Waals surface area (Å²) in [6, 6.07) is 5.45. The molecule has 0 aromatic heterocycles. The van der Waals surface area contributed by atoms with Gasteiger partial charge in [0.25, 0.3) is 0 Å². The molecule has 1 aliphatic heterocycles. The third-order valence-corrected chi connectivity index (χ3v) is 3.15. The quantitative estimate of drug-likeness (QED) is 0.892. The summed E-state index contributed by atoms with van der Waals surface area (Å²) in [5.41, 5.74) is 1.64. The Bertz CT molecular complexity index is 401. The molecule has 0 aliphatic carbocycles. The lowest BCUT2D eigenvalue weighted by molar-refractivity contribution is -0.00539. The van der Waals surface area contributed by atoms with Gasteiger partial charge in [-0.25, -0.2) is 4.39 Å². The van der Waals surface area contributed by atoms with Crippen molar-refractivity contribution in [2.45, 2.75) is 32.6 Å². The molecule has 0 radical (unpaired) electrons. The molecule has 1 saturated heterocycles. The zero-order chi connectivity index (χ0) is 13.1. The lowest BCUT2D eigenvalue weighted by Crippen LogP contribution is -2.45. The van der Waals surface area contributed by atoms with Gasteiger partial charge in [-0.3, -0.25) is 0 Å². The second-order valence-corrected chi connectivity index (χ2v) is 4.98. The van der Waals surface area contributed by atoms with E-state index in [2.05, 4.69) is 10.2 Å². The molecule has 1 aliphatic rings. The number of halogens is 1. The Morgan fingerprint density at radius 3 is 2.56 bits per heavy atom. The minimum Gasteiger partial charge on any atom is -0.372 e. The van der Waals surface area contributed by atoms with E-state index in [-0.39, 0.29) is 18.0 Å². The molecule has 1 heterocycles. The molecule has 100 valence electrons. The van der Waals surface area contributed by atoms with Gasteiger partial charge < -0.3 is 15.0 Å². The maximum atomic E-state index is 14.1. The van der Waals surface area contributed by atoms with Crippen molar-refractivity contribution >= 4 is 5.69 Å². The van der Waals surface area contributed by atoms with Crippen LogP contribution in [0.4, 0.5) is 10.1 Å². The molecule has 2 rings (SSSR count). The van der Waals surface area contributed by atoms with Gasteiger partial charge in [0.15, 0.2) is 0 Å². The van der Waals surface area contributed by atoms with Crippen molar-refractivity contribution in [3.05, 3.63) is 29.6 Å². The number of hydrogen-bond donors (Lipinski definition) is 1. The van der Waals surface area contributed by atoms with E-state index >= 15 is 0 Å². The summed E-state index contributed by atoms with van der Waals surface area (Å²) in [6.45, 7) is 6.22. The molecule has 0 bridgehead atoms. The first-order chi connectivity index (χ1) is 8.60. The number of ether oxygens (including phenoxy) is 1. The molecule has 1 aromatic carbocycles. The van der Waals surface area contributed by atoms with Crippen LogP contribution < -0.4 is 10.2 Å². The first kappa shape index (κ1) is 13.3. The van der Waals surface area contributed by atoms with Crippen molar-refractivity contribution in [3.8, 4) is 0 Å². The topological polar surface area (TPSA) is 24.5 Å². The van der Waals surface area contributed by atoms with Gasteiger partial charge in [0.1, 0.15) is 5.82 Å². The second kappa shape index (κ2) is 5.67. The van der Waals surface area contributed by atoms with E-state index in [1.54, 1.807) is 6.07 Å². The molecule has 2 atom stereocenters. The maximum absolute atomic E-state index is 14.1. The summed E-state index contributed by atoms with van der Waals surface area (Å²) in [6.07, 6.45) is 0.287. The van der Waals surface area contributed by atoms with Gasteiger partial charge in [-0.2, -0.15) is 0 Å². The Morgan fingerprint density at radius 2 is 2.00 bits per heavy atom. The fraction of sp³-hybridized carbons (Fsp3) is 0.571. The Kier molecular flexibility index (Phi) is 4.19. The number of anilines is 1. The number of hydrogen-bond acceptors (Lipinski definition) is 3. The molecule has 18 heavy (non-hydrogen) atoms. The minimum absolute atomic E-state index is 0.144. The van der Waals surface area contributed by atoms with E-state index in [0.29, 0.717) is 12.2 Å². The number of nitrogens with one attached hydrogen (secondary N) is 1. The van der Waals surface area contributed by atoms with Gasteiger partial charge in [0.05, 0.1) is 17.9 Å². The van der Waals surface area contributed by atoms with Crippen molar-refractivity contribution in [1.82, 2.24) is 5.32 Å². The van der Waals surface area contributed by atoms with Crippen molar-refractivity contribution in [3.63, 3.8) is 0 Å². The Labute approximate surface area is 108 Å². The van der Waals surface area contributed by atoms with Crippen molar-refractivity contribution in [1.29, 1.82) is 0 Å².